The summed E-state index contributed by atoms with van der Waals surface area (Å²) >= 11 is 0. The number of ether oxygens (including phenoxy) is 2. The number of alkyl carbamates (subject to hydrolysis) is 1. The zero-order valence-corrected chi connectivity index (χ0v) is 24.3. The van der Waals surface area contributed by atoms with Gasteiger partial charge in [-0.05, 0) is 34.7 Å². The van der Waals surface area contributed by atoms with E-state index in [1.54, 1.807) is 0 Å². The van der Waals surface area contributed by atoms with Crippen molar-refractivity contribution in [2.75, 3.05) is 19.8 Å². The largest absolute Gasteiger partial charge is 0.481 e. The van der Waals surface area contributed by atoms with E-state index in [4.69, 9.17) is 9.47 Å². The second kappa shape index (κ2) is 12.0. The van der Waals surface area contributed by atoms with Crippen LogP contribution in [0.25, 0.3) is 11.1 Å². The number of fused-ring (bicyclic) bond motifs is 3. The molecule has 2 amide bonds. The number of carbonyl (C=O) groups is 3. The summed E-state index contributed by atoms with van der Waals surface area (Å²) in [6.45, 7) is 6.50. The molecule has 0 spiro atoms. The number of benzene rings is 3. The molecule has 8 nitrogen and oxygen atoms in total. The van der Waals surface area contributed by atoms with Crippen molar-refractivity contribution in [3.63, 3.8) is 0 Å². The summed E-state index contributed by atoms with van der Waals surface area (Å²) in [5.41, 5.74) is 3.21. The van der Waals surface area contributed by atoms with Crippen molar-refractivity contribution in [3.05, 3.63) is 95.6 Å². The van der Waals surface area contributed by atoms with Crippen LogP contribution < -0.4 is 5.32 Å². The predicted octanol–water partition coefficient (Wildman–Crippen LogP) is 5.60. The molecule has 0 saturated heterocycles. The maximum Gasteiger partial charge on any atom is 0.408 e. The summed E-state index contributed by atoms with van der Waals surface area (Å²) in [7, 11) is 0. The Morgan fingerprint density at radius 3 is 2.10 bits per heavy atom. The van der Waals surface area contributed by atoms with Gasteiger partial charge in [-0.2, -0.15) is 0 Å². The molecular weight excluding hydrogens is 532 g/mol. The highest BCUT2D eigenvalue weighted by atomic mass is 16.5. The van der Waals surface area contributed by atoms with E-state index in [-0.39, 0.29) is 50.5 Å². The van der Waals surface area contributed by atoms with Gasteiger partial charge >= 0.3 is 12.1 Å². The second-order valence-electron chi connectivity index (χ2n) is 11.6. The monoisotopic (exact) mass is 570 g/mol. The van der Waals surface area contributed by atoms with Gasteiger partial charge in [-0.25, -0.2) is 4.79 Å². The predicted molar refractivity (Wildman–Crippen MR) is 159 cm³/mol. The molecule has 1 fully saturated rings. The molecule has 0 radical (unpaired) electrons. The maximum atomic E-state index is 14.4. The number of rotatable bonds is 11. The van der Waals surface area contributed by atoms with Crippen LogP contribution in [0.3, 0.4) is 0 Å². The molecule has 2 N–H and O–H groups in total. The van der Waals surface area contributed by atoms with E-state index in [0.717, 1.165) is 27.8 Å². The molecule has 220 valence electrons. The van der Waals surface area contributed by atoms with Crippen molar-refractivity contribution in [2.24, 2.45) is 5.41 Å². The third-order valence-electron chi connectivity index (χ3n) is 8.89. The number of carbonyl (C=O) groups excluding carboxylic acids is 2. The Morgan fingerprint density at radius 1 is 0.929 bits per heavy atom. The van der Waals surface area contributed by atoms with E-state index in [1.165, 1.54) is 4.90 Å². The van der Waals surface area contributed by atoms with Gasteiger partial charge in [0.05, 0.1) is 12.5 Å². The Labute approximate surface area is 246 Å². The normalized spacial score (nSPS) is 20.1. The van der Waals surface area contributed by atoms with Gasteiger partial charge in [0.1, 0.15) is 12.1 Å². The van der Waals surface area contributed by atoms with Crippen LogP contribution in [0.15, 0.2) is 78.9 Å². The molecule has 0 bridgehead atoms. The molecule has 8 heteroatoms. The molecule has 2 atom stereocenters. The maximum absolute atomic E-state index is 14.4. The summed E-state index contributed by atoms with van der Waals surface area (Å²) in [6, 6.07) is 25.6. The Bertz CT molecular complexity index is 1410. The van der Waals surface area contributed by atoms with E-state index in [9.17, 15) is 19.5 Å². The molecule has 42 heavy (non-hydrogen) atoms. The lowest BCUT2D eigenvalue weighted by molar-refractivity contribution is -0.186. The first-order valence-electron chi connectivity index (χ1n) is 14.5. The van der Waals surface area contributed by atoms with Crippen molar-refractivity contribution in [1.82, 2.24) is 10.2 Å². The van der Waals surface area contributed by atoms with Crippen LogP contribution in [0.1, 0.15) is 56.2 Å². The number of nitrogens with zero attached hydrogens (tertiary/aromatic N) is 1. The SMILES string of the molecule is CCOC1CC(NC(=O)OCC2c3ccccc3-c3ccccc32)(C(=O)N(CCC(=O)O)Cc2ccccc2)C1(C)C. The molecule has 0 aliphatic heterocycles. The lowest BCUT2D eigenvalue weighted by Gasteiger charge is -2.60. The van der Waals surface area contributed by atoms with Gasteiger partial charge in [-0.3, -0.25) is 9.59 Å². The topological polar surface area (TPSA) is 105 Å². The number of carboxylic acid groups (broad SMARTS) is 1. The molecule has 1 saturated carbocycles. The first kappa shape index (κ1) is 29.3. The Balaban J connectivity index is 1.38. The molecule has 0 heterocycles. The smallest absolute Gasteiger partial charge is 0.408 e. The average Bonchev–Trinajstić information content (AvgIpc) is 3.31. The summed E-state index contributed by atoms with van der Waals surface area (Å²) in [6.07, 6.45) is -0.908. The quantitative estimate of drug-likeness (QED) is 0.311. The minimum Gasteiger partial charge on any atom is -0.481 e. The van der Waals surface area contributed by atoms with E-state index >= 15 is 0 Å². The van der Waals surface area contributed by atoms with E-state index in [0.29, 0.717) is 6.61 Å². The Hall–Kier alpha value is -4.17. The first-order valence-corrected chi connectivity index (χ1v) is 14.5. The fourth-order valence-electron chi connectivity index (χ4n) is 6.40. The van der Waals surface area contributed by atoms with Gasteiger partial charge in [-0.1, -0.05) is 92.7 Å². The molecule has 2 unspecified atom stereocenters. The van der Waals surface area contributed by atoms with Crippen LogP contribution in [0.5, 0.6) is 0 Å². The molecular formula is C34H38N2O6. The molecule has 3 aromatic carbocycles. The van der Waals surface area contributed by atoms with Crippen LogP contribution in [0, 0.1) is 5.41 Å². The van der Waals surface area contributed by atoms with Crippen LogP contribution in [-0.2, 0) is 25.6 Å². The summed E-state index contributed by atoms with van der Waals surface area (Å²) in [5, 5.41) is 12.4. The van der Waals surface area contributed by atoms with Crippen LogP contribution in [0.4, 0.5) is 4.79 Å². The highest BCUT2D eigenvalue weighted by molar-refractivity contribution is 5.93. The first-order chi connectivity index (χ1) is 20.2. The van der Waals surface area contributed by atoms with Crippen molar-refractivity contribution in [1.29, 1.82) is 0 Å². The standard InChI is InChI=1S/C34H38N2O6/c1-4-41-29-20-34(33(29,2)3,31(39)36(19-18-30(37)38)21-23-12-6-5-7-13-23)35-32(40)42-22-28-26-16-10-8-14-24(26)25-15-9-11-17-27(25)28/h5-17,28-29H,4,18-22H2,1-3H3,(H,35,40)(H,37,38). The highest BCUT2D eigenvalue weighted by Gasteiger charge is 2.67. The lowest BCUT2D eigenvalue weighted by Crippen LogP contribution is -2.78. The zero-order valence-electron chi connectivity index (χ0n) is 24.3. The van der Waals surface area contributed by atoms with Crippen molar-refractivity contribution in [3.8, 4) is 11.1 Å². The van der Waals surface area contributed by atoms with Crippen molar-refractivity contribution >= 4 is 18.0 Å². The lowest BCUT2D eigenvalue weighted by atomic mass is 9.53. The fraction of sp³-hybridized carbons (Fsp3) is 0.382. The van der Waals surface area contributed by atoms with Crippen molar-refractivity contribution < 1.29 is 29.0 Å². The van der Waals surface area contributed by atoms with Crippen LogP contribution >= 0.6 is 0 Å². The van der Waals surface area contributed by atoms with Crippen LogP contribution in [-0.4, -0.2) is 59.4 Å². The number of aliphatic carboxylic acids is 1. The van der Waals surface area contributed by atoms with Gasteiger partial charge in [-0.15, -0.1) is 0 Å². The minimum absolute atomic E-state index is 0.00651. The fourth-order valence-corrected chi connectivity index (χ4v) is 6.40. The third kappa shape index (κ3) is 5.39. The molecule has 0 aromatic heterocycles. The average molecular weight is 571 g/mol. The Morgan fingerprint density at radius 2 is 1.52 bits per heavy atom. The van der Waals surface area contributed by atoms with Gasteiger partial charge < -0.3 is 24.8 Å². The minimum atomic E-state index is -1.33. The third-order valence-corrected chi connectivity index (χ3v) is 8.89. The van der Waals surface area contributed by atoms with E-state index in [2.05, 4.69) is 29.6 Å². The molecule has 5 rings (SSSR count). The molecule has 3 aromatic rings. The second-order valence-corrected chi connectivity index (χ2v) is 11.6. The number of hydrogen-bond donors (Lipinski definition) is 2. The van der Waals surface area contributed by atoms with E-state index in [1.807, 2.05) is 75.4 Å². The number of amides is 2. The van der Waals surface area contributed by atoms with Gasteiger partial charge in [0, 0.05) is 37.5 Å². The number of carboxylic acids is 1. The van der Waals surface area contributed by atoms with E-state index < -0.39 is 23.0 Å². The summed E-state index contributed by atoms with van der Waals surface area (Å²) in [5.74, 6) is -1.47. The number of hydrogen-bond acceptors (Lipinski definition) is 5. The van der Waals surface area contributed by atoms with Gasteiger partial charge in [0.25, 0.3) is 0 Å². The summed E-state index contributed by atoms with van der Waals surface area (Å²) < 4.78 is 11.8. The van der Waals surface area contributed by atoms with Crippen molar-refractivity contribution in [2.45, 2.75) is 57.7 Å². The highest BCUT2D eigenvalue weighted by Crippen LogP contribution is 2.52. The van der Waals surface area contributed by atoms with Gasteiger partial charge in [0.2, 0.25) is 5.91 Å². The molecule has 2 aliphatic carbocycles. The van der Waals surface area contributed by atoms with Gasteiger partial charge in [0.15, 0.2) is 0 Å². The zero-order chi connectivity index (χ0) is 29.9. The van der Waals surface area contributed by atoms with Crippen LogP contribution in [0.2, 0.25) is 0 Å². The summed E-state index contributed by atoms with van der Waals surface area (Å²) in [4.78, 5) is 40.9. The molecule has 2 aliphatic rings. The Kier molecular flexibility index (Phi) is 8.36. The number of nitrogens with one attached hydrogen (secondary N) is 1.